The topological polar surface area (TPSA) is 67.8 Å². The lowest BCUT2D eigenvalue weighted by atomic mass is 10.1. The molecule has 0 aliphatic heterocycles. The number of ether oxygens (including phenoxy) is 2. The number of rotatable bonds is 4. The predicted molar refractivity (Wildman–Crippen MR) is 64.5 cm³/mol. The molecule has 1 aromatic carbocycles. The lowest BCUT2D eigenvalue weighted by Gasteiger charge is -2.16. The maximum absolute atomic E-state index is 11.1. The molecule has 5 nitrogen and oxygen atoms in total. The average molecular weight is 239 g/mol. The van der Waals surface area contributed by atoms with Gasteiger partial charge in [-0.1, -0.05) is 0 Å². The molecule has 1 atom stereocenters. The zero-order valence-electron chi connectivity index (χ0n) is 10.4. The monoisotopic (exact) mass is 239 g/mol. The molecule has 0 spiro atoms. The van der Waals surface area contributed by atoms with Crippen LogP contribution in [0.2, 0.25) is 0 Å². The lowest BCUT2D eigenvalue weighted by molar-refractivity contribution is -0.114. The third-order valence-electron chi connectivity index (χ3n) is 2.32. The van der Waals surface area contributed by atoms with Crippen molar-refractivity contribution < 1.29 is 19.4 Å². The molecule has 1 amide bonds. The minimum atomic E-state index is -0.711. The Labute approximate surface area is 100 Å². The van der Waals surface area contributed by atoms with Gasteiger partial charge in [0, 0.05) is 18.6 Å². The van der Waals surface area contributed by atoms with Crippen LogP contribution in [0.15, 0.2) is 12.1 Å². The highest BCUT2D eigenvalue weighted by Crippen LogP contribution is 2.36. The van der Waals surface area contributed by atoms with Crippen molar-refractivity contribution >= 4 is 11.6 Å². The first kappa shape index (κ1) is 13.3. The molecule has 17 heavy (non-hydrogen) atoms. The van der Waals surface area contributed by atoms with Crippen LogP contribution in [0, 0.1) is 0 Å². The van der Waals surface area contributed by atoms with Gasteiger partial charge in [0.1, 0.15) is 0 Å². The van der Waals surface area contributed by atoms with E-state index < -0.39 is 6.10 Å². The normalized spacial score (nSPS) is 11.8. The Morgan fingerprint density at radius 2 is 1.82 bits per heavy atom. The Hall–Kier alpha value is -1.75. The molecule has 0 aliphatic rings. The van der Waals surface area contributed by atoms with E-state index in [1.165, 1.54) is 21.1 Å². The van der Waals surface area contributed by atoms with Crippen LogP contribution in [-0.2, 0) is 4.79 Å². The number of aliphatic hydroxyl groups is 1. The molecular weight excluding hydrogens is 222 g/mol. The fourth-order valence-electron chi connectivity index (χ4n) is 1.54. The quantitative estimate of drug-likeness (QED) is 0.839. The van der Waals surface area contributed by atoms with Gasteiger partial charge < -0.3 is 19.9 Å². The average Bonchev–Trinajstić information content (AvgIpc) is 2.27. The molecule has 0 heterocycles. The molecular formula is C12H17NO4. The Morgan fingerprint density at radius 1 is 1.29 bits per heavy atom. The van der Waals surface area contributed by atoms with Crippen LogP contribution in [0.4, 0.5) is 5.69 Å². The summed E-state index contributed by atoms with van der Waals surface area (Å²) in [6.45, 7) is 3.02. The highest BCUT2D eigenvalue weighted by molar-refractivity contribution is 5.90. The smallest absolute Gasteiger partial charge is 0.221 e. The minimum absolute atomic E-state index is 0.209. The molecule has 1 rings (SSSR count). The Morgan fingerprint density at radius 3 is 2.24 bits per heavy atom. The van der Waals surface area contributed by atoms with E-state index >= 15 is 0 Å². The van der Waals surface area contributed by atoms with Crippen molar-refractivity contribution in [3.63, 3.8) is 0 Å². The first-order chi connectivity index (χ1) is 7.99. The van der Waals surface area contributed by atoms with Gasteiger partial charge in [0.05, 0.1) is 26.0 Å². The summed E-state index contributed by atoms with van der Waals surface area (Å²) in [5.74, 6) is 0.803. The van der Waals surface area contributed by atoms with Crippen molar-refractivity contribution in [2.45, 2.75) is 20.0 Å². The van der Waals surface area contributed by atoms with Gasteiger partial charge in [-0.05, 0) is 13.0 Å². The lowest BCUT2D eigenvalue weighted by Crippen LogP contribution is -2.10. The molecule has 94 valence electrons. The molecule has 2 N–H and O–H groups in total. The molecule has 0 radical (unpaired) electrons. The molecule has 1 aromatic rings. The summed E-state index contributed by atoms with van der Waals surface area (Å²) in [4.78, 5) is 11.1. The maximum Gasteiger partial charge on any atom is 0.221 e. The van der Waals surface area contributed by atoms with E-state index in [0.29, 0.717) is 22.7 Å². The number of carbonyl (C=O) groups is 1. The minimum Gasteiger partial charge on any atom is -0.493 e. The van der Waals surface area contributed by atoms with Gasteiger partial charge in [-0.15, -0.1) is 0 Å². The van der Waals surface area contributed by atoms with Gasteiger partial charge in [0.25, 0.3) is 0 Å². The third kappa shape index (κ3) is 3.10. The van der Waals surface area contributed by atoms with E-state index in [1.807, 2.05) is 0 Å². The van der Waals surface area contributed by atoms with E-state index in [2.05, 4.69) is 5.32 Å². The summed E-state index contributed by atoms with van der Waals surface area (Å²) >= 11 is 0. The maximum atomic E-state index is 11.1. The van der Waals surface area contributed by atoms with Crippen molar-refractivity contribution in [3.05, 3.63) is 17.7 Å². The van der Waals surface area contributed by atoms with E-state index in [9.17, 15) is 9.90 Å². The number of nitrogens with one attached hydrogen (secondary N) is 1. The van der Waals surface area contributed by atoms with Crippen LogP contribution >= 0.6 is 0 Å². The molecule has 0 saturated heterocycles. The zero-order valence-corrected chi connectivity index (χ0v) is 10.4. The number of carbonyl (C=O) groups excluding carboxylic acids is 1. The fraction of sp³-hybridized carbons (Fsp3) is 0.417. The van der Waals surface area contributed by atoms with Gasteiger partial charge in [-0.3, -0.25) is 4.79 Å². The summed E-state index contributed by atoms with van der Waals surface area (Å²) < 4.78 is 10.3. The second-order valence-electron chi connectivity index (χ2n) is 3.65. The van der Waals surface area contributed by atoms with E-state index in [1.54, 1.807) is 19.1 Å². The summed E-state index contributed by atoms with van der Waals surface area (Å²) in [6.07, 6.45) is -0.711. The van der Waals surface area contributed by atoms with Gasteiger partial charge >= 0.3 is 0 Å². The fourth-order valence-corrected chi connectivity index (χ4v) is 1.54. The molecule has 0 aromatic heterocycles. The number of benzene rings is 1. The molecule has 5 heteroatoms. The predicted octanol–water partition coefficient (Wildman–Crippen LogP) is 1.72. The van der Waals surface area contributed by atoms with Crippen molar-refractivity contribution in [2.24, 2.45) is 0 Å². The number of hydrogen-bond donors (Lipinski definition) is 2. The molecule has 0 aliphatic carbocycles. The Kier molecular flexibility index (Phi) is 4.34. The SMILES string of the molecule is COc1cc(NC(C)=O)c(C(C)O)cc1OC. The highest BCUT2D eigenvalue weighted by atomic mass is 16.5. The van der Waals surface area contributed by atoms with Crippen LogP contribution in [0.3, 0.4) is 0 Å². The number of anilines is 1. The van der Waals surface area contributed by atoms with Gasteiger partial charge in [0.15, 0.2) is 11.5 Å². The Bertz CT molecular complexity index is 415. The first-order valence-corrected chi connectivity index (χ1v) is 5.21. The van der Waals surface area contributed by atoms with Crippen LogP contribution in [0.5, 0.6) is 11.5 Å². The zero-order chi connectivity index (χ0) is 13.0. The Balaban J connectivity index is 3.29. The van der Waals surface area contributed by atoms with Crippen LogP contribution in [-0.4, -0.2) is 25.2 Å². The highest BCUT2D eigenvalue weighted by Gasteiger charge is 2.15. The van der Waals surface area contributed by atoms with E-state index in [4.69, 9.17) is 9.47 Å². The van der Waals surface area contributed by atoms with Crippen LogP contribution < -0.4 is 14.8 Å². The summed E-state index contributed by atoms with van der Waals surface area (Å²) in [5, 5.41) is 12.3. The van der Waals surface area contributed by atoms with Crippen molar-refractivity contribution in [3.8, 4) is 11.5 Å². The standard InChI is InChI=1S/C12H17NO4/c1-7(14)9-5-11(16-3)12(17-4)6-10(9)13-8(2)15/h5-7,14H,1-4H3,(H,13,15). The summed E-state index contributed by atoms with van der Waals surface area (Å²) in [5.41, 5.74) is 1.10. The molecule has 0 saturated carbocycles. The molecule has 0 bridgehead atoms. The third-order valence-corrected chi connectivity index (χ3v) is 2.32. The van der Waals surface area contributed by atoms with Gasteiger partial charge in [-0.2, -0.15) is 0 Å². The number of hydrogen-bond acceptors (Lipinski definition) is 4. The van der Waals surface area contributed by atoms with Crippen molar-refractivity contribution in [1.29, 1.82) is 0 Å². The van der Waals surface area contributed by atoms with Crippen LogP contribution in [0.1, 0.15) is 25.5 Å². The second kappa shape index (κ2) is 5.54. The van der Waals surface area contributed by atoms with Crippen molar-refractivity contribution in [1.82, 2.24) is 0 Å². The first-order valence-electron chi connectivity index (χ1n) is 5.21. The number of amides is 1. The van der Waals surface area contributed by atoms with Gasteiger partial charge in [0.2, 0.25) is 5.91 Å². The van der Waals surface area contributed by atoms with Gasteiger partial charge in [-0.25, -0.2) is 0 Å². The van der Waals surface area contributed by atoms with Crippen LogP contribution in [0.25, 0.3) is 0 Å². The molecule has 0 fully saturated rings. The summed E-state index contributed by atoms with van der Waals surface area (Å²) in [6, 6.07) is 3.27. The second-order valence-corrected chi connectivity index (χ2v) is 3.65. The number of aliphatic hydroxyl groups excluding tert-OH is 1. The number of methoxy groups -OCH3 is 2. The van der Waals surface area contributed by atoms with E-state index in [-0.39, 0.29) is 5.91 Å². The molecule has 1 unspecified atom stereocenters. The summed E-state index contributed by atoms with van der Waals surface area (Å²) in [7, 11) is 3.03. The van der Waals surface area contributed by atoms with E-state index in [0.717, 1.165) is 0 Å². The van der Waals surface area contributed by atoms with Crippen molar-refractivity contribution in [2.75, 3.05) is 19.5 Å². The largest absolute Gasteiger partial charge is 0.493 e.